The number of hydrogen-bond acceptors (Lipinski definition) is 0. The molecule has 0 aliphatic heterocycles. The van der Waals surface area contributed by atoms with Crippen molar-refractivity contribution >= 4 is 51.4 Å². The number of rotatable bonds is 1. The van der Waals surface area contributed by atoms with Gasteiger partial charge in [0.05, 0.1) is 0 Å². The molecule has 0 aromatic heterocycles. The maximum atomic E-state index is 3.60. The number of hydrogen-bond donors (Lipinski definition) is 0. The zero-order chi connectivity index (χ0) is 3.41. The first-order valence-electron chi connectivity index (χ1n) is 1.71. The first-order valence-corrected chi connectivity index (χ1v) is 1.71. The van der Waals surface area contributed by atoms with Crippen molar-refractivity contribution in [2.45, 2.75) is 19.8 Å². The Kier molecular flexibility index (Phi) is 18.0. The van der Waals surface area contributed by atoms with Crippen molar-refractivity contribution in [1.29, 1.82) is 0 Å². The van der Waals surface area contributed by atoms with E-state index in [4.69, 9.17) is 0 Å². The van der Waals surface area contributed by atoms with Crippen LogP contribution in [0.2, 0.25) is 0 Å². The normalized spacial score (nSPS) is 6.00. The molecule has 0 saturated carbocycles. The Morgan fingerprint density at radius 1 is 1.60 bits per heavy atom. The molecular weight excluding hydrogens is 87.1 g/mol. The van der Waals surface area contributed by atoms with Crippen molar-refractivity contribution in [2.75, 3.05) is 0 Å². The van der Waals surface area contributed by atoms with Crippen LogP contribution in [0.25, 0.3) is 0 Å². The summed E-state index contributed by atoms with van der Waals surface area (Å²) in [6, 6.07) is 0. The van der Waals surface area contributed by atoms with E-state index < -0.39 is 0 Å². The summed E-state index contributed by atoms with van der Waals surface area (Å²) in [5.74, 6) is 0. The molecule has 5 heavy (non-hydrogen) atoms. The molecule has 0 amide bonds. The first kappa shape index (κ1) is 9.81. The van der Waals surface area contributed by atoms with Crippen LogP contribution in [0.5, 0.6) is 0 Å². The van der Waals surface area contributed by atoms with E-state index in [2.05, 4.69) is 13.8 Å². The third-order valence-corrected chi connectivity index (χ3v) is 0.354. The monoisotopic (exact) mass is 97.0 g/mol. The molecule has 0 N–H and O–H groups in total. The Labute approximate surface area is 76.8 Å². The zero-order valence-electron chi connectivity index (χ0n) is 3.12. The molecule has 0 aromatic rings. The van der Waals surface area contributed by atoms with Crippen LogP contribution in [0.4, 0.5) is 0 Å². The van der Waals surface area contributed by atoms with E-state index in [1.165, 1.54) is 6.42 Å². The second kappa shape index (κ2) is 9.16. The van der Waals surface area contributed by atoms with Gasteiger partial charge in [0.2, 0.25) is 0 Å². The van der Waals surface area contributed by atoms with Gasteiger partial charge in [-0.1, -0.05) is 26.7 Å². The van der Waals surface area contributed by atoms with Crippen molar-refractivity contribution < 1.29 is 0 Å². The van der Waals surface area contributed by atoms with Crippen molar-refractivity contribution in [2.24, 2.45) is 0 Å². The molecule has 0 unspecified atom stereocenters. The van der Waals surface area contributed by atoms with Crippen molar-refractivity contribution in [3.63, 3.8) is 0 Å². The Hall–Kier alpha value is 1.64. The van der Waals surface area contributed by atoms with Gasteiger partial charge in [-0.15, -0.1) is 0 Å². The van der Waals surface area contributed by atoms with Crippen molar-refractivity contribution in [3.05, 3.63) is 6.92 Å². The van der Waals surface area contributed by atoms with E-state index in [1.807, 2.05) is 0 Å². The standard InChI is InChI=1S/C4H9.K.H/c1-3-4-2;;/h1,3-4H2,2H3;;. The Balaban J connectivity index is 0. The van der Waals surface area contributed by atoms with Gasteiger partial charge in [-0.3, -0.25) is 0 Å². The molecule has 0 aromatic carbocycles. The van der Waals surface area contributed by atoms with E-state index in [1.54, 1.807) is 0 Å². The SMILES string of the molecule is [CH2]CCC.[KH]. The summed E-state index contributed by atoms with van der Waals surface area (Å²) >= 11 is 0. The fraction of sp³-hybridized carbons (Fsp3) is 0.750. The van der Waals surface area contributed by atoms with Crippen LogP contribution in [0.3, 0.4) is 0 Å². The number of unbranched alkanes of at least 4 members (excludes halogenated alkanes) is 1. The first-order chi connectivity index (χ1) is 1.91. The summed E-state index contributed by atoms with van der Waals surface area (Å²) in [6.07, 6.45) is 2.28. The van der Waals surface area contributed by atoms with Gasteiger partial charge in [0.25, 0.3) is 0 Å². The molecule has 0 aliphatic rings. The molecule has 0 fully saturated rings. The Morgan fingerprint density at radius 3 is 1.80 bits per heavy atom. The summed E-state index contributed by atoms with van der Waals surface area (Å²) in [5, 5.41) is 0. The topological polar surface area (TPSA) is 0 Å². The summed E-state index contributed by atoms with van der Waals surface area (Å²) in [6.45, 7) is 5.72. The van der Waals surface area contributed by atoms with Crippen molar-refractivity contribution in [1.82, 2.24) is 0 Å². The average molecular weight is 97.2 g/mol. The third kappa shape index (κ3) is 10.7. The second-order valence-corrected chi connectivity index (χ2v) is 0.854. The van der Waals surface area contributed by atoms with Crippen LogP contribution < -0.4 is 0 Å². The van der Waals surface area contributed by atoms with Gasteiger partial charge in [0.1, 0.15) is 0 Å². The van der Waals surface area contributed by atoms with E-state index in [-0.39, 0.29) is 51.4 Å². The molecule has 1 heteroatoms. The molecule has 0 saturated heterocycles. The van der Waals surface area contributed by atoms with Crippen LogP contribution in [-0.4, -0.2) is 51.4 Å². The van der Waals surface area contributed by atoms with Gasteiger partial charge in [-0.2, -0.15) is 0 Å². The van der Waals surface area contributed by atoms with Gasteiger partial charge in [0, 0.05) is 0 Å². The molecule has 0 aliphatic carbocycles. The van der Waals surface area contributed by atoms with E-state index in [9.17, 15) is 0 Å². The maximum absolute atomic E-state index is 3.60. The summed E-state index contributed by atoms with van der Waals surface area (Å²) in [4.78, 5) is 0. The van der Waals surface area contributed by atoms with Crippen LogP contribution in [0.15, 0.2) is 0 Å². The fourth-order valence-electron chi connectivity index (χ4n) is 0. The van der Waals surface area contributed by atoms with Gasteiger partial charge >= 0.3 is 51.4 Å². The predicted octanol–water partition coefficient (Wildman–Crippen LogP) is 0.972. The van der Waals surface area contributed by atoms with Gasteiger partial charge in [0.15, 0.2) is 0 Å². The molecular formula is C4H10K. The molecule has 27 valence electrons. The van der Waals surface area contributed by atoms with Crippen LogP contribution in [0, 0.1) is 6.92 Å². The van der Waals surface area contributed by atoms with Gasteiger partial charge in [-0.25, -0.2) is 0 Å². The summed E-state index contributed by atoms with van der Waals surface area (Å²) in [7, 11) is 0. The third-order valence-electron chi connectivity index (χ3n) is 0.354. The molecule has 0 bridgehead atoms. The second-order valence-electron chi connectivity index (χ2n) is 0.854. The quantitative estimate of drug-likeness (QED) is 0.428. The summed E-state index contributed by atoms with van der Waals surface area (Å²) in [5.41, 5.74) is 0. The van der Waals surface area contributed by atoms with Gasteiger partial charge in [-0.05, 0) is 0 Å². The Morgan fingerprint density at radius 2 is 1.80 bits per heavy atom. The van der Waals surface area contributed by atoms with Crippen LogP contribution in [-0.2, 0) is 0 Å². The molecule has 0 atom stereocenters. The fourth-order valence-corrected chi connectivity index (χ4v) is 0. The minimum atomic E-state index is 0. The van der Waals surface area contributed by atoms with E-state index in [0.29, 0.717) is 0 Å². The molecule has 0 rings (SSSR count). The average Bonchev–Trinajstić information content (AvgIpc) is 1.37. The molecule has 0 heterocycles. The van der Waals surface area contributed by atoms with Crippen LogP contribution in [0.1, 0.15) is 19.8 Å². The molecule has 1 radical (unpaired) electrons. The van der Waals surface area contributed by atoms with Crippen molar-refractivity contribution in [3.8, 4) is 0 Å². The van der Waals surface area contributed by atoms with Gasteiger partial charge < -0.3 is 0 Å². The van der Waals surface area contributed by atoms with E-state index in [0.717, 1.165) is 6.42 Å². The minimum absolute atomic E-state index is 0. The molecule has 0 nitrogen and oxygen atoms in total. The Bertz CT molecular complexity index is 5.61. The molecule has 0 spiro atoms. The van der Waals surface area contributed by atoms with Crippen LogP contribution >= 0.6 is 0 Å². The summed E-state index contributed by atoms with van der Waals surface area (Å²) < 4.78 is 0. The van der Waals surface area contributed by atoms with E-state index >= 15 is 0 Å². The predicted molar refractivity (Wildman–Crippen MR) is 27.4 cm³/mol. The zero-order valence-corrected chi connectivity index (χ0v) is 3.12.